The molecule has 0 radical (unpaired) electrons. The lowest BCUT2D eigenvalue weighted by atomic mass is 9.79. The van der Waals surface area contributed by atoms with Gasteiger partial charge in [-0.15, -0.1) is 19.7 Å². The Bertz CT molecular complexity index is 397. The molecule has 0 aliphatic carbocycles. The van der Waals surface area contributed by atoms with Crippen LogP contribution >= 0.6 is 0 Å². The molecule has 0 fully saturated rings. The molecule has 0 amide bonds. The molecule has 0 aromatic heterocycles. The first-order chi connectivity index (χ1) is 8.64. The molecule has 0 atom stereocenters. The van der Waals surface area contributed by atoms with Gasteiger partial charge in [0.05, 0.1) is 6.61 Å². The lowest BCUT2D eigenvalue weighted by molar-refractivity contribution is -0.0566. The predicted molar refractivity (Wildman–Crippen MR) is 67.8 cm³/mol. The number of hydrogen-bond donors (Lipinski definition) is 0. The fourth-order valence-corrected chi connectivity index (χ4v) is 2.15. The Morgan fingerprint density at radius 2 is 1.32 bits per heavy atom. The summed E-state index contributed by atoms with van der Waals surface area (Å²) in [5.74, 6) is 0. The van der Waals surface area contributed by atoms with E-state index in [-0.39, 0.29) is 0 Å². The third kappa shape index (κ3) is 5.20. The lowest BCUT2D eigenvalue weighted by Crippen LogP contribution is -2.32. The van der Waals surface area contributed by atoms with Gasteiger partial charge >= 0.3 is 15.6 Å². The molecular weight excluding hydrogens is 281 g/mol. The smallest absolute Gasteiger partial charge is 0.263 e. The third-order valence-electron chi connectivity index (χ3n) is 2.54. The van der Waals surface area contributed by atoms with Gasteiger partial charge in [-0.25, -0.2) is 0 Å². The molecular formula is C12H17F3O3S. The first-order valence-electron chi connectivity index (χ1n) is 5.42. The van der Waals surface area contributed by atoms with E-state index >= 15 is 0 Å². The maximum absolute atomic E-state index is 12.2. The number of allylic oxidation sites excluding steroid dienone is 3. The molecule has 0 aliphatic rings. The molecule has 0 saturated heterocycles. The van der Waals surface area contributed by atoms with Crippen LogP contribution in [0.15, 0.2) is 38.0 Å². The minimum absolute atomic E-state index is 0.290. The van der Waals surface area contributed by atoms with E-state index in [1.54, 1.807) is 0 Å². The van der Waals surface area contributed by atoms with Gasteiger partial charge in [0.15, 0.2) is 0 Å². The Kier molecular flexibility index (Phi) is 6.51. The molecule has 0 rings (SSSR count). The van der Waals surface area contributed by atoms with Crippen molar-refractivity contribution in [3.05, 3.63) is 38.0 Å². The zero-order valence-electron chi connectivity index (χ0n) is 10.4. The quantitative estimate of drug-likeness (QED) is 0.371. The summed E-state index contributed by atoms with van der Waals surface area (Å²) in [6.45, 7) is 9.92. The minimum Gasteiger partial charge on any atom is -0.263 e. The molecule has 0 aliphatic heterocycles. The summed E-state index contributed by atoms with van der Waals surface area (Å²) < 4.78 is 62.5. The molecule has 0 N–H and O–H groups in total. The SMILES string of the molecule is C=CCC(CC=C)(CC=C)COS(=O)(=O)C(F)(F)F. The van der Waals surface area contributed by atoms with Gasteiger partial charge in [-0.1, -0.05) is 18.2 Å². The summed E-state index contributed by atoms with van der Waals surface area (Å²) in [5.41, 5.74) is -6.25. The van der Waals surface area contributed by atoms with E-state index < -0.39 is 27.6 Å². The van der Waals surface area contributed by atoms with Crippen LogP contribution in [0, 0.1) is 5.41 Å². The molecule has 0 aromatic carbocycles. The fraction of sp³-hybridized carbons (Fsp3) is 0.500. The summed E-state index contributed by atoms with van der Waals surface area (Å²) in [6, 6.07) is 0. The van der Waals surface area contributed by atoms with E-state index in [0.29, 0.717) is 19.3 Å². The first-order valence-corrected chi connectivity index (χ1v) is 6.83. The molecule has 0 aromatic rings. The van der Waals surface area contributed by atoms with Gasteiger partial charge in [-0.2, -0.15) is 21.6 Å². The first kappa shape index (κ1) is 17.9. The highest BCUT2D eigenvalue weighted by Crippen LogP contribution is 2.35. The van der Waals surface area contributed by atoms with Crippen molar-refractivity contribution >= 4 is 10.1 Å². The average Bonchev–Trinajstić information content (AvgIpc) is 2.26. The summed E-state index contributed by atoms with van der Waals surface area (Å²) in [7, 11) is -5.59. The number of hydrogen-bond acceptors (Lipinski definition) is 3. The van der Waals surface area contributed by atoms with Crippen molar-refractivity contribution in [3.63, 3.8) is 0 Å². The highest BCUT2D eigenvalue weighted by Gasteiger charge is 2.48. The van der Waals surface area contributed by atoms with Crippen molar-refractivity contribution in [2.75, 3.05) is 6.61 Å². The number of halogens is 3. The second-order valence-corrected chi connectivity index (χ2v) is 5.75. The van der Waals surface area contributed by atoms with Gasteiger partial charge in [0.1, 0.15) is 0 Å². The largest absolute Gasteiger partial charge is 0.523 e. The Labute approximate surface area is 111 Å². The fourth-order valence-electron chi connectivity index (χ4n) is 1.61. The lowest BCUT2D eigenvalue weighted by Gasteiger charge is -2.30. The van der Waals surface area contributed by atoms with Crippen molar-refractivity contribution in [2.45, 2.75) is 24.8 Å². The van der Waals surface area contributed by atoms with E-state index in [1.165, 1.54) is 18.2 Å². The van der Waals surface area contributed by atoms with E-state index in [4.69, 9.17) is 0 Å². The van der Waals surface area contributed by atoms with E-state index in [2.05, 4.69) is 23.9 Å². The molecule has 7 heteroatoms. The molecule has 0 bridgehead atoms. The van der Waals surface area contributed by atoms with Crippen LogP contribution in [0.4, 0.5) is 13.2 Å². The molecule has 0 saturated carbocycles. The van der Waals surface area contributed by atoms with Crippen molar-refractivity contribution in [1.29, 1.82) is 0 Å². The van der Waals surface area contributed by atoms with Crippen LogP contribution in [0.2, 0.25) is 0 Å². The Hall–Kier alpha value is -1.08. The van der Waals surface area contributed by atoms with Crippen LogP contribution in [0.1, 0.15) is 19.3 Å². The molecule has 19 heavy (non-hydrogen) atoms. The van der Waals surface area contributed by atoms with E-state index in [1.807, 2.05) is 0 Å². The second kappa shape index (κ2) is 6.91. The maximum Gasteiger partial charge on any atom is 0.523 e. The van der Waals surface area contributed by atoms with Crippen LogP contribution in [-0.2, 0) is 14.3 Å². The van der Waals surface area contributed by atoms with Gasteiger partial charge in [0.25, 0.3) is 0 Å². The van der Waals surface area contributed by atoms with Crippen LogP contribution in [0.3, 0.4) is 0 Å². The topological polar surface area (TPSA) is 43.4 Å². The summed E-state index contributed by atoms with van der Waals surface area (Å²) >= 11 is 0. The highest BCUT2D eigenvalue weighted by molar-refractivity contribution is 7.87. The molecule has 0 unspecified atom stereocenters. The maximum atomic E-state index is 12.2. The molecule has 0 heterocycles. The monoisotopic (exact) mass is 298 g/mol. The normalized spacial score (nSPS) is 13.0. The van der Waals surface area contributed by atoms with Crippen LogP contribution in [0.5, 0.6) is 0 Å². The van der Waals surface area contributed by atoms with Crippen LogP contribution in [0.25, 0.3) is 0 Å². The third-order valence-corrected chi connectivity index (χ3v) is 3.53. The van der Waals surface area contributed by atoms with Gasteiger partial charge in [0, 0.05) is 5.41 Å². The second-order valence-electron chi connectivity index (χ2n) is 4.14. The minimum atomic E-state index is -5.59. The van der Waals surface area contributed by atoms with Gasteiger partial charge in [-0.05, 0) is 19.3 Å². The van der Waals surface area contributed by atoms with Gasteiger partial charge in [0.2, 0.25) is 0 Å². The number of rotatable bonds is 9. The van der Waals surface area contributed by atoms with Crippen LogP contribution in [-0.4, -0.2) is 20.5 Å². The Morgan fingerprint density at radius 1 is 0.947 bits per heavy atom. The average molecular weight is 298 g/mol. The summed E-state index contributed by atoms with van der Waals surface area (Å²) in [6.07, 6.45) is 5.36. The van der Waals surface area contributed by atoms with Gasteiger partial charge in [-0.3, -0.25) is 4.18 Å². The highest BCUT2D eigenvalue weighted by atomic mass is 32.2. The summed E-state index contributed by atoms with van der Waals surface area (Å²) in [4.78, 5) is 0. The van der Waals surface area contributed by atoms with Crippen LogP contribution < -0.4 is 0 Å². The predicted octanol–water partition coefficient (Wildman–Crippen LogP) is 3.57. The van der Waals surface area contributed by atoms with Crippen molar-refractivity contribution in [1.82, 2.24) is 0 Å². The Balaban J connectivity index is 5.07. The Morgan fingerprint density at radius 3 is 1.58 bits per heavy atom. The molecule has 0 spiro atoms. The molecule has 3 nitrogen and oxygen atoms in total. The van der Waals surface area contributed by atoms with Crippen molar-refractivity contribution in [3.8, 4) is 0 Å². The van der Waals surface area contributed by atoms with Crippen molar-refractivity contribution < 1.29 is 25.8 Å². The van der Waals surface area contributed by atoms with Crippen molar-refractivity contribution in [2.24, 2.45) is 5.41 Å². The zero-order chi connectivity index (χ0) is 15.2. The summed E-state index contributed by atoms with van der Waals surface area (Å²) in [5, 5.41) is 0. The zero-order valence-corrected chi connectivity index (χ0v) is 11.3. The standard InChI is InChI=1S/C12H17F3O3S/c1-4-7-11(8-5-2,9-6-3)10-18-19(16,17)12(13,14)15/h4-6H,1-3,7-10H2. The van der Waals surface area contributed by atoms with E-state index in [9.17, 15) is 21.6 Å². The molecule has 110 valence electrons. The van der Waals surface area contributed by atoms with Gasteiger partial charge < -0.3 is 0 Å². The van der Waals surface area contributed by atoms with E-state index in [0.717, 1.165) is 0 Å². The number of alkyl halides is 3.